The quantitative estimate of drug-likeness (QED) is 0.925. The monoisotopic (exact) mass is 280 g/mol. The average molecular weight is 281 g/mol. The van der Waals surface area contributed by atoms with Crippen molar-refractivity contribution in [1.29, 1.82) is 0 Å². The Balaban J connectivity index is 2.18. The summed E-state index contributed by atoms with van der Waals surface area (Å²) in [5, 5.41) is 0.735. The minimum atomic E-state index is -0.468. The zero-order valence-corrected chi connectivity index (χ0v) is 12.3. The molecule has 1 amide bonds. The maximum atomic E-state index is 12.4. The smallest absolute Gasteiger partial charge is 0.224 e. The molecule has 1 unspecified atom stereocenters. The zero-order valence-electron chi connectivity index (χ0n) is 11.5. The first-order chi connectivity index (χ1) is 8.88. The van der Waals surface area contributed by atoms with Gasteiger partial charge in [-0.3, -0.25) is 4.79 Å². The van der Waals surface area contributed by atoms with E-state index >= 15 is 0 Å². The number of likely N-dealkylation sites (tertiary alicyclic amines) is 1. The van der Waals surface area contributed by atoms with Crippen LogP contribution in [0.25, 0.3) is 0 Å². The molecule has 1 heterocycles. The summed E-state index contributed by atoms with van der Waals surface area (Å²) in [6.45, 7) is 4.56. The number of halogens is 1. The molecule has 0 radical (unpaired) electrons. The Hall–Kier alpha value is -1.06. The van der Waals surface area contributed by atoms with E-state index in [-0.39, 0.29) is 11.9 Å². The van der Waals surface area contributed by atoms with Crippen molar-refractivity contribution >= 4 is 17.5 Å². The first-order valence-corrected chi connectivity index (χ1v) is 7.09. The Bertz CT molecular complexity index is 467. The maximum absolute atomic E-state index is 12.4. The topological polar surface area (TPSA) is 46.3 Å². The van der Waals surface area contributed by atoms with E-state index in [1.807, 2.05) is 43.0 Å². The summed E-state index contributed by atoms with van der Waals surface area (Å²) in [6.07, 6.45) is 2.36. The zero-order chi connectivity index (χ0) is 14.0. The molecule has 1 atom stereocenters. The normalized spacial score (nSPS) is 19.8. The van der Waals surface area contributed by atoms with E-state index in [0.717, 1.165) is 30.0 Å². The molecule has 1 aliphatic rings. The van der Waals surface area contributed by atoms with Crippen molar-refractivity contribution < 1.29 is 4.79 Å². The van der Waals surface area contributed by atoms with Gasteiger partial charge in [-0.05, 0) is 38.3 Å². The van der Waals surface area contributed by atoms with Crippen LogP contribution in [0.5, 0.6) is 0 Å². The molecule has 0 spiro atoms. The molecule has 1 fully saturated rings. The summed E-state index contributed by atoms with van der Waals surface area (Å²) < 4.78 is 0. The highest BCUT2D eigenvalue weighted by Gasteiger charge is 2.32. The van der Waals surface area contributed by atoms with Crippen LogP contribution in [-0.2, 0) is 4.79 Å². The lowest BCUT2D eigenvalue weighted by atomic mass is 10.00. The largest absolute Gasteiger partial charge is 0.336 e. The number of rotatable bonds is 3. The third-order valence-corrected chi connectivity index (χ3v) is 3.79. The minimum absolute atomic E-state index is 0.101. The van der Waals surface area contributed by atoms with Crippen LogP contribution < -0.4 is 5.73 Å². The van der Waals surface area contributed by atoms with Crippen molar-refractivity contribution in [3.63, 3.8) is 0 Å². The van der Waals surface area contributed by atoms with E-state index in [1.54, 1.807) is 0 Å². The number of carbonyl (C=O) groups is 1. The van der Waals surface area contributed by atoms with Crippen molar-refractivity contribution in [1.82, 2.24) is 4.90 Å². The first kappa shape index (κ1) is 14.4. The van der Waals surface area contributed by atoms with E-state index in [1.165, 1.54) is 0 Å². The highest BCUT2D eigenvalue weighted by molar-refractivity contribution is 6.31. The van der Waals surface area contributed by atoms with Crippen molar-refractivity contribution in [3.8, 4) is 0 Å². The van der Waals surface area contributed by atoms with Crippen LogP contribution in [0.4, 0.5) is 0 Å². The fourth-order valence-corrected chi connectivity index (χ4v) is 2.89. The van der Waals surface area contributed by atoms with Crippen molar-refractivity contribution in [2.24, 2.45) is 5.73 Å². The summed E-state index contributed by atoms with van der Waals surface area (Å²) in [4.78, 5) is 14.3. The van der Waals surface area contributed by atoms with Crippen LogP contribution in [-0.4, -0.2) is 22.9 Å². The standard InChI is InChI=1S/C15H21ClN2O/c1-15(2,17)10-14(19)18-9-5-8-13(18)11-6-3-4-7-12(11)16/h3-4,6-7,13H,5,8-10,17H2,1-2H3. The van der Waals surface area contributed by atoms with Gasteiger partial charge in [0.2, 0.25) is 5.91 Å². The Morgan fingerprint density at radius 1 is 1.47 bits per heavy atom. The number of nitrogens with zero attached hydrogens (tertiary/aromatic N) is 1. The fraction of sp³-hybridized carbons (Fsp3) is 0.533. The molecule has 2 rings (SSSR count). The van der Waals surface area contributed by atoms with Gasteiger partial charge >= 0.3 is 0 Å². The van der Waals surface area contributed by atoms with Crippen molar-refractivity contribution in [2.45, 2.75) is 44.7 Å². The predicted molar refractivity (Wildman–Crippen MR) is 78.0 cm³/mol. The Morgan fingerprint density at radius 3 is 2.79 bits per heavy atom. The van der Waals surface area contributed by atoms with Crippen LogP contribution in [0.3, 0.4) is 0 Å². The van der Waals surface area contributed by atoms with Crippen LogP contribution in [0.15, 0.2) is 24.3 Å². The van der Waals surface area contributed by atoms with Crippen LogP contribution in [0, 0.1) is 0 Å². The van der Waals surface area contributed by atoms with Gasteiger partial charge in [0.05, 0.1) is 6.04 Å². The number of hydrogen-bond donors (Lipinski definition) is 1. The third kappa shape index (κ3) is 3.48. The van der Waals surface area contributed by atoms with Gasteiger partial charge in [-0.1, -0.05) is 29.8 Å². The van der Waals surface area contributed by atoms with Crippen LogP contribution >= 0.6 is 11.6 Å². The van der Waals surface area contributed by atoms with Gasteiger partial charge in [0.1, 0.15) is 0 Å². The van der Waals surface area contributed by atoms with Gasteiger partial charge in [-0.25, -0.2) is 0 Å². The summed E-state index contributed by atoms with van der Waals surface area (Å²) >= 11 is 6.24. The molecule has 0 saturated carbocycles. The lowest BCUT2D eigenvalue weighted by Crippen LogP contribution is -2.41. The molecule has 1 saturated heterocycles. The van der Waals surface area contributed by atoms with Gasteiger partial charge in [-0.2, -0.15) is 0 Å². The minimum Gasteiger partial charge on any atom is -0.336 e. The molecule has 1 aliphatic heterocycles. The van der Waals surface area contributed by atoms with E-state index in [2.05, 4.69) is 0 Å². The number of amides is 1. The molecule has 0 aliphatic carbocycles. The van der Waals surface area contributed by atoms with E-state index in [0.29, 0.717) is 6.42 Å². The van der Waals surface area contributed by atoms with Gasteiger partial charge in [0.15, 0.2) is 0 Å². The molecular weight excluding hydrogens is 260 g/mol. The molecule has 0 bridgehead atoms. The van der Waals surface area contributed by atoms with E-state index in [4.69, 9.17) is 17.3 Å². The van der Waals surface area contributed by atoms with Crippen LogP contribution in [0.2, 0.25) is 5.02 Å². The van der Waals surface area contributed by atoms with E-state index in [9.17, 15) is 4.79 Å². The van der Waals surface area contributed by atoms with Gasteiger partial charge in [0.25, 0.3) is 0 Å². The maximum Gasteiger partial charge on any atom is 0.224 e. The Labute approximate surface area is 119 Å². The Kier molecular flexibility index (Phi) is 4.16. The summed E-state index contributed by atoms with van der Waals surface area (Å²) in [7, 11) is 0. The molecule has 4 heteroatoms. The van der Waals surface area contributed by atoms with Gasteiger partial charge < -0.3 is 10.6 Å². The molecule has 0 aromatic heterocycles. The van der Waals surface area contributed by atoms with Crippen molar-refractivity contribution in [2.75, 3.05) is 6.54 Å². The molecule has 1 aromatic rings. The molecule has 19 heavy (non-hydrogen) atoms. The number of nitrogens with two attached hydrogens (primary N) is 1. The number of benzene rings is 1. The molecule has 104 valence electrons. The highest BCUT2D eigenvalue weighted by Crippen LogP contribution is 2.36. The van der Waals surface area contributed by atoms with Crippen molar-refractivity contribution in [3.05, 3.63) is 34.9 Å². The predicted octanol–water partition coefficient (Wildman–Crippen LogP) is 3.13. The third-order valence-electron chi connectivity index (χ3n) is 3.44. The summed E-state index contributed by atoms with van der Waals surface area (Å²) in [5.41, 5.74) is 6.52. The summed E-state index contributed by atoms with van der Waals surface area (Å²) in [6, 6.07) is 7.87. The Morgan fingerprint density at radius 2 is 2.16 bits per heavy atom. The second-order valence-electron chi connectivity index (χ2n) is 5.93. The number of hydrogen-bond acceptors (Lipinski definition) is 2. The molecule has 1 aromatic carbocycles. The fourth-order valence-electron chi connectivity index (χ4n) is 2.63. The van der Waals surface area contributed by atoms with Crippen LogP contribution in [0.1, 0.15) is 44.7 Å². The average Bonchev–Trinajstić information content (AvgIpc) is 2.76. The van der Waals surface area contributed by atoms with E-state index < -0.39 is 5.54 Å². The SMILES string of the molecule is CC(C)(N)CC(=O)N1CCCC1c1ccccc1Cl. The van der Waals surface area contributed by atoms with Gasteiger partial charge in [0, 0.05) is 23.5 Å². The second-order valence-corrected chi connectivity index (χ2v) is 6.34. The molecular formula is C15H21ClN2O. The lowest BCUT2D eigenvalue weighted by Gasteiger charge is -2.28. The first-order valence-electron chi connectivity index (χ1n) is 6.71. The molecule has 3 nitrogen and oxygen atoms in total. The summed E-state index contributed by atoms with van der Waals surface area (Å²) in [5.74, 6) is 0.120. The number of carbonyl (C=O) groups excluding carboxylic acids is 1. The highest BCUT2D eigenvalue weighted by atomic mass is 35.5. The second kappa shape index (κ2) is 5.51. The lowest BCUT2D eigenvalue weighted by molar-refractivity contribution is -0.133. The van der Waals surface area contributed by atoms with Gasteiger partial charge in [-0.15, -0.1) is 0 Å². The molecule has 2 N–H and O–H groups in total.